The highest BCUT2D eigenvalue weighted by Gasteiger charge is 2.44. The van der Waals surface area contributed by atoms with E-state index in [2.05, 4.69) is 5.32 Å². The predicted octanol–water partition coefficient (Wildman–Crippen LogP) is 1.84. The Morgan fingerprint density at radius 2 is 1.94 bits per heavy atom. The molecule has 17 heavy (non-hydrogen) atoms. The molecule has 2 N–H and O–H groups in total. The van der Waals surface area contributed by atoms with Gasteiger partial charge in [-0.1, -0.05) is 12.8 Å². The summed E-state index contributed by atoms with van der Waals surface area (Å²) in [5.74, 6) is -3.59. The summed E-state index contributed by atoms with van der Waals surface area (Å²) in [6.07, 6.45) is 3.15. The van der Waals surface area contributed by atoms with Gasteiger partial charge in [0.2, 0.25) is 11.8 Å². The summed E-state index contributed by atoms with van der Waals surface area (Å²) in [5.41, 5.74) is -0.547. The quantitative estimate of drug-likeness (QED) is 0.799. The summed E-state index contributed by atoms with van der Waals surface area (Å²) in [4.78, 5) is 11.9. The third-order valence-corrected chi connectivity index (χ3v) is 4.03. The molecule has 2 fully saturated rings. The number of amides is 1. The number of rotatable bonds is 3. The van der Waals surface area contributed by atoms with E-state index < -0.39 is 17.4 Å². The molecule has 2 saturated carbocycles. The molecule has 0 spiro atoms. The molecule has 0 heterocycles. The van der Waals surface area contributed by atoms with Crippen molar-refractivity contribution in [1.29, 1.82) is 0 Å². The molecule has 0 bridgehead atoms. The number of halogens is 2. The lowest BCUT2D eigenvalue weighted by Gasteiger charge is -2.29. The average Bonchev–Trinajstić information content (AvgIpc) is 2.86. The fourth-order valence-corrected chi connectivity index (χ4v) is 2.91. The number of carbonyl (C=O) groups is 1. The molecule has 0 saturated heterocycles. The smallest absolute Gasteiger partial charge is 0.248 e. The number of alkyl halides is 2. The van der Waals surface area contributed by atoms with E-state index in [4.69, 9.17) is 0 Å². The molecule has 1 amide bonds. The molecule has 3 nitrogen and oxygen atoms in total. The van der Waals surface area contributed by atoms with Crippen LogP contribution in [0.1, 0.15) is 44.9 Å². The molecular formula is C12H19F2NO2. The van der Waals surface area contributed by atoms with E-state index in [0.29, 0.717) is 0 Å². The summed E-state index contributed by atoms with van der Waals surface area (Å²) >= 11 is 0. The van der Waals surface area contributed by atoms with Crippen molar-refractivity contribution in [3.63, 3.8) is 0 Å². The van der Waals surface area contributed by atoms with Crippen LogP contribution in [0, 0.1) is 5.92 Å². The summed E-state index contributed by atoms with van der Waals surface area (Å²) in [6, 6.07) is 0. The minimum Gasteiger partial charge on any atom is -0.394 e. The van der Waals surface area contributed by atoms with Crippen LogP contribution in [-0.2, 0) is 4.79 Å². The van der Waals surface area contributed by atoms with E-state index in [0.717, 1.165) is 25.7 Å². The van der Waals surface area contributed by atoms with Crippen LogP contribution in [0.2, 0.25) is 0 Å². The molecule has 2 rings (SSSR count). The van der Waals surface area contributed by atoms with Gasteiger partial charge in [-0.15, -0.1) is 0 Å². The van der Waals surface area contributed by atoms with Gasteiger partial charge in [0.25, 0.3) is 0 Å². The van der Waals surface area contributed by atoms with Crippen molar-refractivity contribution >= 4 is 5.91 Å². The predicted molar refractivity (Wildman–Crippen MR) is 58.7 cm³/mol. The lowest BCUT2D eigenvalue weighted by atomic mass is 9.96. The Hall–Kier alpha value is -0.710. The molecule has 0 aromatic heterocycles. The molecule has 98 valence electrons. The number of carbonyl (C=O) groups excluding carboxylic acids is 1. The van der Waals surface area contributed by atoms with Crippen LogP contribution >= 0.6 is 0 Å². The lowest BCUT2D eigenvalue weighted by molar-refractivity contribution is -0.128. The number of aliphatic hydroxyl groups is 1. The molecule has 2 aliphatic rings. The maximum atomic E-state index is 13.0. The first-order chi connectivity index (χ1) is 7.96. The van der Waals surface area contributed by atoms with Gasteiger partial charge in [0.15, 0.2) is 0 Å². The van der Waals surface area contributed by atoms with Gasteiger partial charge in [-0.25, -0.2) is 8.78 Å². The van der Waals surface area contributed by atoms with Crippen molar-refractivity contribution in [2.75, 3.05) is 6.61 Å². The molecule has 0 radical (unpaired) electrons. The molecule has 0 aromatic rings. The molecule has 2 aliphatic carbocycles. The topological polar surface area (TPSA) is 49.3 Å². The van der Waals surface area contributed by atoms with Crippen molar-refractivity contribution in [3.8, 4) is 0 Å². The van der Waals surface area contributed by atoms with Crippen molar-refractivity contribution in [2.45, 2.75) is 56.4 Å². The first-order valence-corrected chi connectivity index (χ1v) is 6.27. The van der Waals surface area contributed by atoms with E-state index in [-0.39, 0.29) is 31.8 Å². The molecule has 1 atom stereocenters. The second-order valence-electron chi connectivity index (χ2n) is 5.43. The lowest BCUT2D eigenvalue weighted by Crippen LogP contribution is -2.51. The van der Waals surface area contributed by atoms with Gasteiger partial charge in [-0.05, 0) is 19.3 Å². The van der Waals surface area contributed by atoms with Gasteiger partial charge in [-0.2, -0.15) is 0 Å². The number of nitrogens with one attached hydrogen (secondary N) is 1. The molecule has 1 unspecified atom stereocenters. The third kappa shape index (κ3) is 2.76. The van der Waals surface area contributed by atoms with Gasteiger partial charge in [0, 0.05) is 18.8 Å². The molecule has 0 aromatic carbocycles. The highest BCUT2D eigenvalue weighted by molar-refractivity contribution is 5.80. The highest BCUT2D eigenvalue weighted by atomic mass is 19.3. The SMILES string of the molecule is O=C(NC1(CO)CCCC1)C1CCC(F)(F)C1. The minimum atomic E-state index is -2.69. The Morgan fingerprint density at radius 1 is 1.29 bits per heavy atom. The first-order valence-electron chi connectivity index (χ1n) is 6.27. The van der Waals surface area contributed by atoms with Crippen LogP contribution < -0.4 is 5.32 Å². The van der Waals surface area contributed by atoms with E-state index in [9.17, 15) is 18.7 Å². The summed E-state index contributed by atoms with van der Waals surface area (Å²) in [6.45, 7) is -0.0954. The van der Waals surface area contributed by atoms with Crippen LogP contribution in [0.4, 0.5) is 8.78 Å². The zero-order valence-corrected chi connectivity index (χ0v) is 9.85. The molecule has 0 aliphatic heterocycles. The Morgan fingerprint density at radius 3 is 2.41 bits per heavy atom. The number of hydrogen-bond acceptors (Lipinski definition) is 2. The van der Waals surface area contributed by atoms with Gasteiger partial charge in [0.1, 0.15) is 0 Å². The highest BCUT2D eigenvalue weighted by Crippen LogP contribution is 2.39. The minimum absolute atomic E-state index is 0.0954. The second kappa shape index (κ2) is 4.52. The third-order valence-electron chi connectivity index (χ3n) is 4.03. The largest absolute Gasteiger partial charge is 0.394 e. The van der Waals surface area contributed by atoms with Crippen LogP contribution in [0.5, 0.6) is 0 Å². The van der Waals surface area contributed by atoms with Gasteiger partial charge in [-0.3, -0.25) is 4.79 Å². The fourth-order valence-electron chi connectivity index (χ4n) is 2.91. The zero-order valence-electron chi connectivity index (χ0n) is 9.85. The molecule has 5 heteroatoms. The van der Waals surface area contributed by atoms with Crippen LogP contribution in [0.15, 0.2) is 0 Å². The van der Waals surface area contributed by atoms with Crippen molar-refractivity contribution < 1.29 is 18.7 Å². The van der Waals surface area contributed by atoms with Crippen LogP contribution in [0.25, 0.3) is 0 Å². The Bertz CT molecular complexity index is 301. The standard InChI is InChI=1S/C12H19F2NO2/c13-12(14)6-3-9(7-12)10(17)15-11(8-16)4-1-2-5-11/h9,16H,1-8H2,(H,15,17). The Labute approximate surface area is 99.6 Å². The van der Waals surface area contributed by atoms with Crippen molar-refractivity contribution in [2.24, 2.45) is 5.92 Å². The number of hydrogen-bond donors (Lipinski definition) is 2. The fraction of sp³-hybridized carbons (Fsp3) is 0.917. The van der Waals surface area contributed by atoms with E-state index in [1.807, 2.05) is 0 Å². The van der Waals surface area contributed by atoms with E-state index in [1.54, 1.807) is 0 Å². The average molecular weight is 247 g/mol. The van der Waals surface area contributed by atoms with Crippen LogP contribution in [-0.4, -0.2) is 29.1 Å². The first kappa shape index (κ1) is 12.7. The maximum Gasteiger partial charge on any atom is 0.248 e. The number of aliphatic hydroxyl groups excluding tert-OH is 1. The summed E-state index contributed by atoms with van der Waals surface area (Å²) < 4.78 is 26.0. The van der Waals surface area contributed by atoms with Gasteiger partial charge >= 0.3 is 0 Å². The Kier molecular flexibility index (Phi) is 3.39. The van der Waals surface area contributed by atoms with Gasteiger partial charge in [0.05, 0.1) is 12.1 Å². The van der Waals surface area contributed by atoms with E-state index in [1.165, 1.54) is 0 Å². The monoisotopic (exact) mass is 247 g/mol. The normalized spacial score (nSPS) is 30.4. The maximum absolute atomic E-state index is 13.0. The van der Waals surface area contributed by atoms with Crippen molar-refractivity contribution in [3.05, 3.63) is 0 Å². The van der Waals surface area contributed by atoms with Crippen molar-refractivity contribution in [1.82, 2.24) is 5.32 Å². The summed E-state index contributed by atoms with van der Waals surface area (Å²) in [7, 11) is 0. The molecular weight excluding hydrogens is 228 g/mol. The zero-order chi connectivity index (χ0) is 12.5. The van der Waals surface area contributed by atoms with Crippen LogP contribution in [0.3, 0.4) is 0 Å². The summed E-state index contributed by atoms with van der Waals surface area (Å²) in [5, 5.41) is 12.1. The Balaban J connectivity index is 1.93. The van der Waals surface area contributed by atoms with Gasteiger partial charge < -0.3 is 10.4 Å². The van der Waals surface area contributed by atoms with E-state index >= 15 is 0 Å². The second-order valence-corrected chi connectivity index (χ2v) is 5.43.